The van der Waals surface area contributed by atoms with Crippen molar-refractivity contribution in [1.82, 2.24) is 4.98 Å². The summed E-state index contributed by atoms with van der Waals surface area (Å²) in [5, 5.41) is 0. The molecule has 0 amide bonds. The third-order valence-corrected chi connectivity index (χ3v) is 3.46. The number of pyridine rings is 1. The highest BCUT2D eigenvalue weighted by Gasteiger charge is 2.14. The lowest BCUT2D eigenvalue weighted by Crippen LogP contribution is -2.11. The summed E-state index contributed by atoms with van der Waals surface area (Å²) < 4.78 is 18.9. The van der Waals surface area contributed by atoms with E-state index in [2.05, 4.69) is 4.98 Å². The molecule has 4 heteroatoms. The van der Waals surface area contributed by atoms with Crippen LogP contribution in [0.25, 0.3) is 0 Å². The number of benzene rings is 1. The molecule has 0 unspecified atom stereocenters. The van der Waals surface area contributed by atoms with Gasteiger partial charge in [0.05, 0.1) is 12.8 Å². The maximum atomic E-state index is 13.6. The average Bonchev–Trinajstić information content (AvgIpc) is 2.45. The van der Waals surface area contributed by atoms with Crippen LogP contribution in [-0.2, 0) is 17.6 Å². The van der Waals surface area contributed by atoms with Crippen LogP contribution < -0.4 is 4.74 Å². The fraction of sp³-hybridized carbons (Fsp3) is 0.294. The summed E-state index contributed by atoms with van der Waals surface area (Å²) in [6.07, 6.45) is 1.94. The fourth-order valence-electron chi connectivity index (χ4n) is 2.35. The zero-order valence-corrected chi connectivity index (χ0v) is 12.4. The number of halogens is 1. The molecule has 0 radical (unpaired) electrons. The second-order valence-electron chi connectivity index (χ2n) is 5.03. The number of aromatic nitrogens is 1. The molecular weight excluding hydrogens is 269 g/mol. The van der Waals surface area contributed by atoms with Gasteiger partial charge < -0.3 is 4.74 Å². The molecule has 0 aliphatic rings. The Balaban J connectivity index is 2.15. The largest absolute Gasteiger partial charge is 0.496 e. The highest BCUT2D eigenvalue weighted by Crippen LogP contribution is 2.24. The number of rotatable bonds is 5. The molecule has 0 bridgehead atoms. The van der Waals surface area contributed by atoms with Crippen LogP contribution in [0.15, 0.2) is 30.5 Å². The lowest BCUT2D eigenvalue weighted by Gasteiger charge is -2.11. The van der Waals surface area contributed by atoms with E-state index in [0.717, 1.165) is 16.9 Å². The molecule has 0 N–H and O–H groups in total. The van der Waals surface area contributed by atoms with E-state index in [1.807, 2.05) is 13.8 Å². The van der Waals surface area contributed by atoms with Gasteiger partial charge >= 0.3 is 0 Å². The van der Waals surface area contributed by atoms with E-state index in [0.29, 0.717) is 11.3 Å². The van der Waals surface area contributed by atoms with Gasteiger partial charge in [-0.05, 0) is 25.5 Å². The molecular formula is C17H18FNO2. The normalized spacial score (nSPS) is 10.5. The highest BCUT2D eigenvalue weighted by molar-refractivity contribution is 5.83. The van der Waals surface area contributed by atoms with Crippen molar-refractivity contribution < 1.29 is 13.9 Å². The zero-order valence-electron chi connectivity index (χ0n) is 12.4. The molecule has 21 heavy (non-hydrogen) atoms. The molecule has 0 spiro atoms. The van der Waals surface area contributed by atoms with Gasteiger partial charge in [0.1, 0.15) is 17.3 Å². The number of Topliss-reactive ketones (excluding diaryl/α,β-unsaturated/α-hetero) is 1. The zero-order chi connectivity index (χ0) is 15.4. The number of carbonyl (C=O) groups excluding carboxylic acids is 1. The first-order chi connectivity index (χ1) is 10.0. The van der Waals surface area contributed by atoms with Gasteiger partial charge in [-0.2, -0.15) is 0 Å². The van der Waals surface area contributed by atoms with Crippen molar-refractivity contribution in [3.63, 3.8) is 0 Å². The standard InChI is InChI=1S/C17H18FNO2/c1-11-10-19-16(12(2)17(11)21-3)9-14(20)8-13-6-4-5-7-15(13)18/h4-7,10H,8-9H2,1-3H3. The summed E-state index contributed by atoms with van der Waals surface area (Å²) in [7, 11) is 1.60. The number of methoxy groups -OCH3 is 1. The average molecular weight is 287 g/mol. The summed E-state index contributed by atoms with van der Waals surface area (Å²) in [5.41, 5.74) is 2.89. The van der Waals surface area contributed by atoms with Gasteiger partial charge in [-0.3, -0.25) is 9.78 Å². The quantitative estimate of drug-likeness (QED) is 0.847. The molecule has 0 fully saturated rings. The van der Waals surface area contributed by atoms with Gasteiger partial charge in [0.2, 0.25) is 0 Å². The number of nitrogens with zero attached hydrogens (tertiary/aromatic N) is 1. The molecule has 0 aliphatic heterocycles. The second-order valence-corrected chi connectivity index (χ2v) is 5.03. The Morgan fingerprint density at radius 1 is 1.24 bits per heavy atom. The molecule has 0 saturated heterocycles. The van der Waals surface area contributed by atoms with Gasteiger partial charge in [0.15, 0.2) is 0 Å². The topological polar surface area (TPSA) is 39.2 Å². The minimum absolute atomic E-state index is 0.0680. The maximum Gasteiger partial charge on any atom is 0.143 e. The lowest BCUT2D eigenvalue weighted by molar-refractivity contribution is -0.117. The van der Waals surface area contributed by atoms with Crippen LogP contribution in [0.3, 0.4) is 0 Å². The molecule has 3 nitrogen and oxygen atoms in total. The van der Waals surface area contributed by atoms with E-state index in [-0.39, 0.29) is 24.4 Å². The van der Waals surface area contributed by atoms with Crippen LogP contribution in [0.1, 0.15) is 22.4 Å². The maximum absolute atomic E-state index is 13.6. The predicted octanol–water partition coefficient (Wildman–Crippen LogP) is 3.20. The van der Waals surface area contributed by atoms with Crippen molar-refractivity contribution in [3.05, 3.63) is 58.7 Å². The molecule has 0 atom stereocenters. The van der Waals surface area contributed by atoms with Crippen molar-refractivity contribution in [2.45, 2.75) is 26.7 Å². The Morgan fingerprint density at radius 3 is 2.62 bits per heavy atom. The summed E-state index contributed by atoms with van der Waals surface area (Å²) in [6, 6.07) is 6.33. The molecule has 0 aliphatic carbocycles. The van der Waals surface area contributed by atoms with Crippen LogP contribution in [0, 0.1) is 19.7 Å². The first kappa shape index (κ1) is 15.2. The summed E-state index contributed by atoms with van der Waals surface area (Å²) >= 11 is 0. The van der Waals surface area contributed by atoms with Crippen LogP contribution in [0.4, 0.5) is 4.39 Å². The number of carbonyl (C=O) groups is 1. The molecule has 1 aromatic heterocycles. The molecule has 2 aromatic rings. The van der Waals surface area contributed by atoms with Crippen LogP contribution in [-0.4, -0.2) is 17.9 Å². The predicted molar refractivity (Wildman–Crippen MR) is 79.1 cm³/mol. The highest BCUT2D eigenvalue weighted by atomic mass is 19.1. The van der Waals surface area contributed by atoms with Gasteiger partial charge in [-0.15, -0.1) is 0 Å². The molecule has 2 rings (SSSR count). The van der Waals surface area contributed by atoms with Crippen molar-refractivity contribution in [1.29, 1.82) is 0 Å². The van der Waals surface area contributed by atoms with Gasteiger partial charge in [0.25, 0.3) is 0 Å². The SMILES string of the molecule is COc1c(C)cnc(CC(=O)Cc2ccccc2F)c1C. The first-order valence-corrected chi connectivity index (χ1v) is 6.77. The van der Waals surface area contributed by atoms with E-state index >= 15 is 0 Å². The lowest BCUT2D eigenvalue weighted by atomic mass is 10.0. The number of aryl methyl sites for hydroxylation is 1. The molecule has 1 aromatic carbocycles. The number of ketones is 1. The molecule has 1 heterocycles. The van der Waals surface area contributed by atoms with E-state index in [4.69, 9.17) is 4.74 Å². The van der Waals surface area contributed by atoms with Crippen molar-refractivity contribution in [3.8, 4) is 5.75 Å². The number of hydrogen-bond donors (Lipinski definition) is 0. The third kappa shape index (κ3) is 3.45. The Bertz CT molecular complexity index is 668. The molecule has 0 saturated carbocycles. The Kier molecular flexibility index (Phi) is 4.68. The van der Waals surface area contributed by atoms with Gasteiger partial charge in [-0.1, -0.05) is 18.2 Å². The van der Waals surface area contributed by atoms with Crippen LogP contribution >= 0.6 is 0 Å². The number of ether oxygens (including phenoxy) is 1. The van der Waals surface area contributed by atoms with E-state index < -0.39 is 0 Å². The molecule has 110 valence electrons. The summed E-state index contributed by atoms with van der Waals surface area (Å²) in [5.74, 6) is 0.331. The number of hydrogen-bond acceptors (Lipinski definition) is 3. The minimum Gasteiger partial charge on any atom is -0.496 e. The van der Waals surface area contributed by atoms with E-state index in [1.165, 1.54) is 6.07 Å². The van der Waals surface area contributed by atoms with Crippen molar-refractivity contribution in [2.75, 3.05) is 7.11 Å². The van der Waals surface area contributed by atoms with Crippen molar-refractivity contribution in [2.24, 2.45) is 0 Å². The van der Waals surface area contributed by atoms with Crippen molar-refractivity contribution >= 4 is 5.78 Å². The fourth-order valence-corrected chi connectivity index (χ4v) is 2.35. The summed E-state index contributed by atoms with van der Waals surface area (Å²) in [6.45, 7) is 3.79. The monoisotopic (exact) mass is 287 g/mol. The van der Waals surface area contributed by atoms with E-state index in [9.17, 15) is 9.18 Å². The van der Waals surface area contributed by atoms with Gasteiger partial charge in [0, 0.05) is 30.2 Å². The van der Waals surface area contributed by atoms with E-state index in [1.54, 1.807) is 31.5 Å². The van der Waals surface area contributed by atoms with Crippen LogP contribution in [0.2, 0.25) is 0 Å². The first-order valence-electron chi connectivity index (χ1n) is 6.77. The minimum atomic E-state index is -0.350. The second kappa shape index (κ2) is 6.48. The smallest absolute Gasteiger partial charge is 0.143 e. The van der Waals surface area contributed by atoms with Gasteiger partial charge in [-0.25, -0.2) is 4.39 Å². The Labute approximate surface area is 123 Å². The van der Waals surface area contributed by atoms with Crippen LogP contribution in [0.5, 0.6) is 5.75 Å². The Hall–Kier alpha value is -2.23. The third-order valence-electron chi connectivity index (χ3n) is 3.46. The summed E-state index contributed by atoms with van der Waals surface area (Å²) in [4.78, 5) is 16.4. The Morgan fingerprint density at radius 2 is 1.95 bits per heavy atom.